The van der Waals surface area contributed by atoms with E-state index in [4.69, 9.17) is 0 Å². The minimum Gasteiger partial charge on any atom is -0.322 e. The van der Waals surface area contributed by atoms with Crippen LogP contribution in [0.25, 0.3) is 0 Å². The third-order valence-electron chi connectivity index (χ3n) is 2.24. The van der Waals surface area contributed by atoms with Crippen molar-refractivity contribution in [1.82, 2.24) is 5.43 Å². The first-order valence-electron chi connectivity index (χ1n) is 5.62. The number of nitrogens with one attached hydrogen (secondary N) is 2. The molecule has 0 heterocycles. The second-order valence-electron chi connectivity index (χ2n) is 5.08. The van der Waals surface area contributed by atoms with Gasteiger partial charge >= 0.3 is 0 Å². The molecule has 1 rings (SSSR count). The summed E-state index contributed by atoms with van der Waals surface area (Å²) in [6, 6.07) is 11.6. The molecule has 0 unspecified atom stereocenters. The van der Waals surface area contributed by atoms with Crippen LogP contribution in [0.1, 0.15) is 6.42 Å². The maximum absolute atomic E-state index is 3.25. The molecule has 0 aliphatic carbocycles. The predicted octanol–water partition coefficient (Wildman–Crippen LogP) is 3.33. The van der Waals surface area contributed by atoms with Crippen LogP contribution in [0.15, 0.2) is 30.3 Å². The van der Waals surface area contributed by atoms with Gasteiger partial charge in [0.1, 0.15) is 0 Å². The van der Waals surface area contributed by atoms with Gasteiger partial charge in [-0.05, 0) is 18.6 Å². The summed E-state index contributed by atoms with van der Waals surface area (Å²) in [5, 5.41) is 0. The average Bonchev–Trinajstić information content (AvgIpc) is 2.17. The van der Waals surface area contributed by atoms with E-state index in [0.29, 0.717) is 0 Å². The Labute approximate surface area is 94.1 Å². The topological polar surface area (TPSA) is 24.1 Å². The molecule has 0 spiro atoms. The van der Waals surface area contributed by atoms with Crippen molar-refractivity contribution in [1.29, 1.82) is 0 Å². The van der Waals surface area contributed by atoms with E-state index < -0.39 is 8.07 Å². The van der Waals surface area contributed by atoms with Crippen LogP contribution in [0.2, 0.25) is 25.7 Å². The highest BCUT2D eigenvalue weighted by atomic mass is 28.3. The fourth-order valence-electron chi connectivity index (χ4n) is 1.39. The van der Waals surface area contributed by atoms with Crippen LogP contribution in [0.3, 0.4) is 0 Å². The van der Waals surface area contributed by atoms with Crippen LogP contribution in [-0.4, -0.2) is 14.6 Å². The molecule has 84 valence electrons. The third kappa shape index (κ3) is 6.31. The molecular formula is C12H22N2Si. The van der Waals surface area contributed by atoms with Crippen LogP contribution in [-0.2, 0) is 0 Å². The average molecular weight is 222 g/mol. The molecular weight excluding hydrogens is 200 g/mol. The van der Waals surface area contributed by atoms with E-state index in [1.54, 1.807) is 0 Å². The highest BCUT2D eigenvalue weighted by molar-refractivity contribution is 6.76. The Hall–Kier alpha value is -0.803. The van der Waals surface area contributed by atoms with Gasteiger partial charge in [0, 0.05) is 20.3 Å². The lowest BCUT2D eigenvalue weighted by atomic mass is 10.3. The molecule has 0 saturated heterocycles. The van der Waals surface area contributed by atoms with Crippen molar-refractivity contribution in [3.63, 3.8) is 0 Å². The molecule has 0 saturated carbocycles. The quantitative estimate of drug-likeness (QED) is 0.438. The first-order chi connectivity index (χ1) is 7.08. The summed E-state index contributed by atoms with van der Waals surface area (Å²) in [6.45, 7) is 8.28. The molecule has 2 nitrogen and oxygen atoms in total. The van der Waals surface area contributed by atoms with Crippen molar-refractivity contribution in [3.8, 4) is 0 Å². The van der Waals surface area contributed by atoms with Crippen molar-refractivity contribution in [2.75, 3.05) is 12.0 Å². The first-order valence-corrected chi connectivity index (χ1v) is 9.32. The molecule has 0 aliphatic heterocycles. The Morgan fingerprint density at radius 2 is 1.73 bits per heavy atom. The maximum Gasteiger partial charge on any atom is 0.0487 e. The summed E-state index contributed by atoms with van der Waals surface area (Å²) in [4.78, 5) is 0. The number of hydrogen-bond acceptors (Lipinski definition) is 2. The van der Waals surface area contributed by atoms with Gasteiger partial charge in [-0.2, -0.15) is 0 Å². The SMILES string of the molecule is C[Si](C)(C)CCCNNc1ccccc1. The molecule has 0 radical (unpaired) electrons. The zero-order valence-electron chi connectivity index (χ0n) is 10.0. The number of para-hydroxylation sites is 1. The van der Waals surface area contributed by atoms with E-state index in [1.165, 1.54) is 12.5 Å². The van der Waals surface area contributed by atoms with Gasteiger partial charge in [0.25, 0.3) is 0 Å². The summed E-state index contributed by atoms with van der Waals surface area (Å²) in [7, 11) is -0.854. The highest BCUT2D eigenvalue weighted by Gasteiger charge is 2.11. The van der Waals surface area contributed by atoms with E-state index in [-0.39, 0.29) is 0 Å². The smallest absolute Gasteiger partial charge is 0.0487 e. The van der Waals surface area contributed by atoms with E-state index in [1.807, 2.05) is 18.2 Å². The van der Waals surface area contributed by atoms with Gasteiger partial charge in [-0.3, -0.25) is 0 Å². The van der Waals surface area contributed by atoms with Gasteiger partial charge < -0.3 is 5.43 Å². The molecule has 2 N–H and O–H groups in total. The van der Waals surface area contributed by atoms with Crippen LogP contribution < -0.4 is 10.9 Å². The Kier molecular flexibility index (Phi) is 4.85. The van der Waals surface area contributed by atoms with Crippen LogP contribution >= 0.6 is 0 Å². The zero-order valence-corrected chi connectivity index (χ0v) is 11.0. The number of anilines is 1. The lowest BCUT2D eigenvalue weighted by Crippen LogP contribution is -2.26. The molecule has 1 aromatic rings. The van der Waals surface area contributed by atoms with Crippen molar-refractivity contribution >= 4 is 13.8 Å². The Morgan fingerprint density at radius 1 is 1.07 bits per heavy atom. The van der Waals surface area contributed by atoms with E-state index in [2.05, 4.69) is 42.6 Å². The fraction of sp³-hybridized carbons (Fsp3) is 0.500. The van der Waals surface area contributed by atoms with Gasteiger partial charge in [0.05, 0.1) is 0 Å². The second-order valence-corrected chi connectivity index (χ2v) is 10.7. The van der Waals surface area contributed by atoms with Crippen LogP contribution in [0.5, 0.6) is 0 Å². The molecule has 0 fully saturated rings. The standard InChI is InChI=1S/C12H22N2Si/c1-15(2,3)11-7-10-13-14-12-8-5-4-6-9-12/h4-6,8-9,13-14H,7,10-11H2,1-3H3. The molecule has 0 aliphatic rings. The minimum absolute atomic E-state index is 0.854. The van der Waals surface area contributed by atoms with Gasteiger partial charge in [0.15, 0.2) is 0 Å². The number of hydrazine groups is 1. The van der Waals surface area contributed by atoms with Crippen LogP contribution in [0, 0.1) is 0 Å². The summed E-state index contributed by atoms with van der Waals surface area (Å²) in [5.74, 6) is 0. The van der Waals surface area contributed by atoms with Gasteiger partial charge in [-0.1, -0.05) is 43.9 Å². The van der Waals surface area contributed by atoms with Crippen LogP contribution in [0.4, 0.5) is 5.69 Å². The number of hydrogen-bond donors (Lipinski definition) is 2. The van der Waals surface area contributed by atoms with Crippen molar-refractivity contribution < 1.29 is 0 Å². The third-order valence-corrected chi connectivity index (χ3v) is 4.09. The van der Waals surface area contributed by atoms with Crippen molar-refractivity contribution in [2.45, 2.75) is 32.1 Å². The van der Waals surface area contributed by atoms with E-state index in [9.17, 15) is 0 Å². The Bertz CT molecular complexity index is 267. The molecule has 0 aromatic heterocycles. The summed E-state index contributed by atoms with van der Waals surface area (Å²) in [6.07, 6.45) is 1.26. The largest absolute Gasteiger partial charge is 0.322 e. The molecule has 0 amide bonds. The zero-order chi connectivity index (χ0) is 11.1. The van der Waals surface area contributed by atoms with Crippen molar-refractivity contribution in [2.24, 2.45) is 0 Å². The Morgan fingerprint density at radius 3 is 2.33 bits per heavy atom. The Balaban J connectivity index is 2.08. The molecule has 0 bridgehead atoms. The lowest BCUT2D eigenvalue weighted by molar-refractivity contribution is 0.754. The number of benzene rings is 1. The summed E-state index contributed by atoms with van der Waals surface area (Å²) >= 11 is 0. The molecule has 0 atom stereocenters. The lowest BCUT2D eigenvalue weighted by Gasteiger charge is -2.15. The van der Waals surface area contributed by atoms with Gasteiger partial charge in [0.2, 0.25) is 0 Å². The normalized spacial score (nSPS) is 11.4. The van der Waals surface area contributed by atoms with E-state index in [0.717, 1.165) is 12.2 Å². The minimum atomic E-state index is -0.854. The van der Waals surface area contributed by atoms with Gasteiger partial charge in [-0.15, -0.1) is 0 Å². The fourth-order valence-corrected chi connectivity index (χ4v) is 2.63. The first kappa shape index (κ1) is 12.3. The summed E-state index contributed by atoms with van der Waals surface area (Å²) < 4.78 is 0. The predicted molar refractivity (Wildman–Crippen MR) is 70.8 cm³/mol. The van der Waals surface area contributed by atoms with Gasteiger partial charge in [-0.25, -0.2) is 5.43 Å². The maximum atomic E-state index is 3.25. The number of rotatable bonds is 6. The summed E-state index contributed by atoms with van der Waals surface area (Å²) in [5.41, 5.74) is 7.57. The monoisotopic (exact) mass is 222 g/mol. The molecule has 3 heteroatoms. The van der Waals surface area contributed by atoms with E-state index >= 15 is 0 Å². The molecule has 1 aromatic carbocycles. The van der Waals surface area contributed by atoms with Crippen molar-refractivity contribution in [3.05, 3.63) is 30.3 Å². The second kappa shape index (κ2) is 5.93. The molecule has 15 heavy (non-hydrogen) atoms. The highest BCUT2D eigenvalue weighted by Crippen LogP contribution is 2.10.